The third-order valence-electron chi connectivity index (χ3n) is 1.90. The Morgan fingerprint density at radius 3 is 2.79 bits per heavy atom. The second kappa shape index (κ2) is 3.51. The van der Waals surface area contributed by atoms with Gasteiger partial charge in [0, 0.05) is 9.86 Å². The fourth-order valence-corrected chi connectivity index (χ4v) is 1.68. The summed E-state index contributed by atoms with van der Waals surface area (Å²) in [6.45, 7) is 0. The first-order valence-corrected chi connectivity index (χ1v) is 4.73. The van der Waals surface area contributed by atoms with Crippen molar-refractivity contribution in [2.24, 2.45) is 5.84 Å². The Bertz CT molecular complexity index is 487. The van der Waals surface area contributed by atoms with E-state index in [2.05, 4.69) is 26.3 Å². The number of hydrazine groups is 1. The number of fused-ring (bicyclic) bond motifs is 1. The van der Waals surface area contributed by atoms with E-state index in [0.717, 1.165) is 9.86 Å². The van der Waals surface area contributed by atoms with Crippen LogP contribution >= 0.6 is 15.9 Å². The summed E-state index contributed by atoms with van der Waals surface area (Å²) in [5.74, 6) is 5.26. The minimum absolute atomic E-state index is 0.301. The maximum Gasteiger partial charge on any atom is 0.149 e. The Morgan fingerprint density at radius 1 is 1.29 bits per heavy atom. The normalized spacial score (nSPS) is 10.5. The molecule has 1 heterocycles. The third-order valence-corrected chi connectivity index (χ3v) is 2.59. The lowest BCUT2D eigenvalue weighted by molar-refractivity contribution is 0.636. The van der Waals surface area contributed by atoms with Crippen molar-refractivity contribution in [3.8, 4) is 0 Å². The molecule has 2 aromatic rings. The SMILES string of the molecule is NNc1ccc2c(Br)ccc(F)c2n1. The van der Waals surface area contributed by atoms with Gasteiger partial charge in [0.05, 0.1) is 0 Å². The van der Waals surface area contributed by atoms with E-state index < -0.39 is 0 Å². The van der Waals surface area contributed by atoms with E-state index in [9.17, 15) is 4.39 Å². The summed E-state index contributed by atoms with van der Waals surface area (Å²) in [5, 5.41) is 0.726. The van der Waals surface area contributed by atoms with Crippen LogP contribution < -0.4 is 11.3 Å². The molecule has 72 valence electrons. The molecule has 0 aliphatic carbocycles. The monoisotopic (exact) mass is 255 g/mol. The van der Waals surface area contributed by atoms with Crippen molar-refractivity contribution in [1.82, 2.24) is 4.98 Å². The number of hydrogen-bond donors (Lipinski definition) is 2. The fourth-order valence-electron chi connectivity index (χ4n) is 1.23. The molecule has 3 N–H and O–H groups in total. The molecular formula is C9H7BrFN3. The predicted molar refractivity (Wildman–Crippen MR) is 57.2 cm³/mol. The summed E-state index contributed by atoms with van der Waals surface area (Å²) in [7, 11) is 0. The number of rotatable bonds is 1. The van der Waals surface area contributed by atoms with Crippen molar-refractivity contribution in [3.05, 3.63) is 34.6 Å². The van der Waals surface area contributed by atoms with Crippen molar-refractivity contribution in [2.75, 3.05) is 5.43 Å². The Kier molecular flexibility index (Phi) is 2.35. The molecule has 0 atom stereocenters. The number of nitrogens with two attached hydrogens (primary N) is 1. The minimum atomic E-state index is -0.361. The van der Waals surface area contributed by atoms with Crippen LogP contribution in [0.5, 0.6) is 0 Å². The molecule has 5 heteroatoms. The molecular weight excluding hydrogens is 249 g/mol. The summed E-state index contributed by atoms with van der Waals surface area (Å²) >= 11 is 3.32. The molecule has 1 aromatic heterocycles. The number of halogens is 2. The predicted octanol–water partition coefficient (Wildman–Crippen LogP) is 2.42. The van der Waals surface area contributed by atoms with Gasteiger partial charge in [-0.25, -0.2) is 15.2 Å². The van der Waals surface area contributed by atoms with E-state index in [4.69, 9.17) is 5.84 Å². The molecule has 0 fully saturated rings. The molecule has 0 saturated carbocycles. The number of nitrogen functional groups attached to an aromatic ring is 1. The van der Waals surface area contributed by atoms with Crippen molar-refractivity contribution in [3.63, 3.8) is 0 Å². The van der Waals surface area contributed by atoms with Crippen molar-refractivity contribution < 1.29 is 4.39 Å². The lowest BCUT2D eigenvalue weighted by Crippen LogP contribution is -2.08. The Labute approximate surface area is 88.2 Å². The molecule has 1 aromatic carbocycles. The van der Waals surface area contributed by atoms with E-state index in [1.165, 1.54) is 6.07 Å². The molecule has 0 radical (unpaired) electrons. The zero-order valence-electron chi connectivity index (χ0n) is 7.09. The smallest absolute Gasteiger partial charge is 0.149 e. The zero-order valence-corrected chi connectivity index (χ0v) is 8.68. The van der Waals surface area contributed by atoms with Crippen LogP contribution in [0.25, 0.3) is 10.9 Å². The quantitative estimate of drug-likeness (QED) is 0.608. The van der Waals surface area contributed by atoms with Crippen LogP contribution in [0.3, 0.4) is 0 Å². The first-order valence-electron chi connectivity index (χ1n) is 3.94. The van der Waals surface area contributed by atoms with Gasteiger partial charge in [-0.15, -0.1) is 0 Å². The summed E-state index contributed by atoms with van der Waals surface area (Å²) in [6, 6.07) is 6.45. The summed E-state index contributed by atoms with van der Waals surface area (Å²) < 4.78 is 14.1. The number of anilines is 1. The third kappa shape index (κ3) is 1.44. The molecule has 0 spiro atoms. The van der Waals surface area contributed by atoms with E-state index in [-0.39, 0.29) is 5.82 Å². The Balaban J connectivity index is 2.80. The van der Waals surface area contributed by atoms with Gasteiger partial charge >= 0.3 is 0 Å². The van der Waals surface area contributed by atoms with Gasteiger partial charge < -0.3 is 5.43 Å². The standard InChI is InChI=1S/C9H7BrFN3/c10-6-2-3-7(11)9-5(6)1-4-8(13-9)14-12/h1-4H,12H2,(H,13,14). The average molecular weight is 256 g/mol. The van der Waals surface area contributed by atoms with Gasteiger partial charge in [-0.2, -0.15) is 0 Å². The summed E-state index contributed by atoms with van der Waals surface area (Å²) in [5.41, 5.74) is 2.67. The molecule has 0 aliphatic rings. The van der Waals surface area contributed by atoms with Gasteiger partial charge in [0.25, 0.3) is 0 Å². The van der Waals surface area contributed by atoms with Crippen LogP contribution in [0.4, 0.5) is 10.2 Å². The first kappa shape index (κ1) is 9.36. The minimum Gasteiger partial charge on any atom is -0.308 e. The molecule has 0 amide bonds. The van der Waals surface area contributed by atoms with Gasteiger partial charge in [-0.3, -0.25) is 0 Å². The Hall–Kier alpha value is -1.20. The van der Waals surface area contributed by atoms with Gasteiger partial charge in [0.15, 0.2) is 0 Å². The van der Waals surface area contributed by atoms with E-state index >= 15 is 0 Å². The molecule has 0 bridgehead atoms. The highest BCUT2D eigenvalue weighted by atomic mass is 79.9. The van der Waals surface area contributed by atoms with Crippen molar-refractivity contribution in [2.45, 2.75) is 0 Å². The van der Waals surface area contributed by atoms with Crippen LogP contribution in [0.2, 0.25) is 0 Å². The Morgan fingerprint density at radius 2 is 2.07 bits per heavy atom. The van der Waals surface area contributed by atoms with E-state index in [1.807, 2.05) is 0 Å². The largest absolute Gasteiger partial charge is 0.308 e. The lowest BCUT2D eigenvalue weighted by atomic mass is 10.2. The maximum absolute atomic E-state index is 13.3. The molecule has 2 rings (SSSR count). The zero-order chi connectivity index (χ0) is 10.1. The molecule has 3 nitrogen and oxygen atoms in total. The van der Waals surface area contributed by atoms with Crippen molar-refractivity contribution >= 4 is 32.7 Å². The average Bonchev–Trinajstić information content (AvgIpc) is 2.23. The summed E-state index contributed by atoms with van der Waals surface area (Å²) in [6.07, 6.45) is 0. The van der Waals surface area contributed by atoms with E-state index in [0.29, 0.717) is 11.3 Å². The lowest BCUT2D eigenvalue weighted by Gasteiger charge is -2.03. The second-order valence-electron chi connectivity index (χ2n) is 2.77. The maximum atomic E-state index is 13.3. The number of aromatic nitrogens is 1. The highest BCUT2D eigenvalue weighted by Gasteiger charge is 2.05. The molecule has 0 aliphatic heterocycles. The van der Waals surface area contributed by atoms with Gasteiger partial charge in [-0.05, 0) is 24.3 Å². The van der Waals surface area contributed by atoms with E-state index in [1.54, 1.807) is 18.2 Å². The van der Waals surface area contributed by atoms with Crippen molar-refractivity contribution in [1.29, 1.82) is 0 Å². The number of nitrogens with zero attached hydrogens (tertiary/aromatic N) is 1. The highest BCUT2D eigenvalue weighted by molar-refractivity contribution is 9.10. The van der Waals surface area contributed by atoms with Crippen LogP contribution in [0.1, 0.15) is 0 Å². The number of benzene rings is 1. The number of nitrogens with one attached hydrogen (secondary N) is 1. The number of hydrogen-bond acceptors (Lipinski definition) is 3. The van der Waals surface area contributed by atoms with Crippen LogP contribution in [0, 0.1) is 5.82 Å². The molecule has 14 heavy (non-hydrogen) atoms. The second-order valence-corrected chi connectivity index (χ2v) is 3.62. The van der Waals surface area contributed by atoms with Crippen LogP contribution in [-0.4, -0.2) is 4.98 Å². The van der Waals surface area contributed by atoms with Crippen LogP contribution in [0.15, 0.2) is 28.7 Å². The van der Waals surface area contributed by atoms with Gasteiger partial charge in [0.1, 0.15) is 17.2 Å². The topological polar surface area (TPSA) is 50.9 Å². The van der Waals surface area contributed by atoms with Gasteiger partial charge in [0.2, 0.25) is 0 Å². The summed E-state index contributed by atoms with van der Waals surface area (Å²) in [4.78, 5) is 4.01. The molecule has 0 saturated heterocycles. The molecule has 0 unspecified atom stereocenters. The fraction of sp³-hybridized carbons (Fsp3) is 0. The highest BCUT2D eigenvalue weighted by Crippen LogP contribution is 2.25. The van der Waals surface area contributed by atoms with Gasteiger partial charge in [-0.1, -0.05) is 15.9 Å². The number of pyridine rings is 1. The van der Waals surface area contributed by atoms with Crippen LogP contribution in [-0.2, 0) is 0 Å². The first-order chi connectivity index (χ1) is 6.72.